The highest BCUT2D eigenvalue weighted by Gasteiger charge is 2.28. The number of aliphatic hydroxyl groups is 1. The fourth-order valence-electron chi connectivity index (χ4n) is 1.41. The summed E-state index contributed by atoms with van der Waals surface area (Å²) in [4.78, 5) is 11.3. The molecule has 1 rings (SSSR count). The van der Waals surface area contributed by atoms with Gasteiger partial charge in [-0.25, -0.2) is 0 Å². The smallest absolute Gasteiger partial charge is 0.200 e. The Morgan fingerprint density at radius 1 is 1.85 bits per heavy atom. The lowest BCUT2D eigenvalue weighted by Gasteiger charge is -2.15. The van der Waals surface area contributed by atoms with Gasteiger partial charge in [-0.05, 0) is 18.9 Å². The zero-order chi connectivity index (χ0) is 9.84. The van der Waals surface area contributed by atoms with E-state index < -0.39 is 0 Å². The van der Waals surface area contributed by atoms with Crippen molar-refractivity contribution < 1.29 is 14.6 Å². The maximum atomic E-state index is 11.3. The van der Waals surface area contributed by atoms with E-state index in [1.54, 1.807) is 13.2 Å². The molecule has 0 amide bonds. The second kappa shape index (κ2) is 4.95. The molecule has 4 heteroatoms. The molecule has 0 bridgehead atoms. The van der Waals surface area contributed by atoms with Crippen LogP contribution < -0.4 is 0 Å². The molecule has 0 radical (unpaired) electrons. The number of rotatable bonds is 4. The van der Waals surface area contributed by atoms with E-state index in [4.69, 9.17) is 9.84 Å². The van der Waals surface area contributed by atoms with Crippen LogP contribution in [0.15, 0.2) is 11.8 Å². The van der Waals surface area contributed by atoms with Crippen LogP contribution in [0.25, 0.3) is 0 Å². The number of hydrogen-bond donors (Lipinski definition) is 1. The van der Waals surface area contributed by atoms with Gasteiger partial charge in [0.15, 0.2) is 11.5 Å². The summed E-state index contributed by atoms with van der Waals surface area (Å²) in [5.74, 6) is -0.278. The molecule has 0 spiro atoms. The lowest BCUT2D eigenvalue weighted by atomic mass is 9.99. The fraction of sp³-hybridized carbons (Fsp3) is 0.667. The molecular weight excluding hydrogens is 283 g/mol. The molecule has 0 fully saturated rings. The van der Waals surface area contributed by atoms with Crippen LogP contribution in [0.4, 0.5) is 0 Å². The summed E-state index contributed by atoms with van der Waals surface area (Å²) in [6.45, 7) is 0. The van der Waals surface area contributed by atoms with Gasteiger partial charge in [-0.15, -0.1) is 0 Å². The number of hydrogen-bond acceptors (Lipinski definition) is 3. The van der Waals surface area contributed by atoms with Crippen molar-refractivity contribution >= 4 is 28.4 Å². The van der Waals surface area contributed by atoms with E-state index in [1.807, 2.05) is 0 Å². The van der Waals surface area contributed by atoms with Gasteiger partial charge in [-0.3, -0.25) is 4.79 Å². The molecule has 0 aromatic heterocycles. The van der Waals surface area contributed by atoms with Crippen molar-refractivity contribution in [2.45, 2.75) is 18.9 Å². The Hall–Kier alpha value is -0.100. The minimum absolute atomic E-state index is 0.0697. The molecule has 1 N–H and O–H groups in total. The standard InChI is InChI=1S/C9H13IO3/c1-13-7(5-10)4-6-2-3-8(11)9(6)12/h3,6-7,11H,2,4-5H2,1H3. The monoisotopic (exact) mass is 296 g/mol. The number of aliphatic hydroxyl groups excluding tert-OH is 1. The van der Waals surface area contributed by atoms with Gasteiger partial charge in [0.2, 0.25) is 0 Å². The molecule has 13 heavy (non-hydrogen) atoms. The number of ketones is 1. The van der Waals surface area contributed by atoms with Crippen LogP contribution in [0.5, 0.6) is 0 Å². The number of alkyl halides is 1. The zero-order valence-electron chi connectivity index (χ0n) is 7.50. The van der Waals surface area contributed by atoms with E-state index in [0.717, 1.165) is 4.43 Å². The van der Waals surface area contributed by atoms with Crippen LogP contribution in [-0.4, -0.2) is 28.5 Å². The van der Waals surface area contributed by atoms with Gasteiger partial charge in [0.1, 0.15) is 0 Å². The zero-order valence-corrected chi connectivity index (χ0v) is 9.65. The number of carbonyl (C=O) groups excluding carboxylic acids is 1. The van der Waals surface area contributed by atoms with Gasteiger partial charge in [-0.1, -0.05) is 22.6 Å². The van der Waals surface area contributed by atoms with Crippen LogP contribution in [0, 0.1) is 5.92 Å². The van der Waals surface area contributed by atoms with Crippen LogP contribution in [-0.2, 0) is 9.53 Å². The summed E-state index contributed by atoms with van der Waals surface area (Å²) in [7, 11) is 1.65. The topological polar surface area (TPSA) is 46.5 Å². The van der Waals surface area contributed by atoms with Crippen molar-refractivity contribution in [2.24, 2.45) is 5.92 Å². The first kappa shape index (κ1) is 11.0. The van der Waals surface area contributed by atoms with Crippen molar-refractivity contribution in [3.8, 4) is 0 Å². The quantitative estimate of drug-likeness (QED) is 0.636. The Morgan fingerprint density at radius 3 is 2.92 bits per heavy atom. The third-order valence-electron chi connectivity index (χ3n) is 2.27. The van der Waals surface area contributed by atoms with Crippen molar-refractivity contribution in [3.63, 3.8) is 0 Å². The lowest BCUT2D eigenvalue weighted by molar-refractivity contribution is -0.121. The number of ether oxygens (including phenoxy) is 1. The second-order valence-electron chi connectivity index (χ2n) is 3.13. The van der Waals surface area contributed by atoms with Gasteiger partial charge in [-0.2, -0.15) is 0 Å². The van der Waals surface area contributed by atoms with Crippen LogP contribution in [0.2, 0.25) is 0 Å². The van der Waals surface area contributed by atoms with E-state index in [1.165, 1.54) is 0 Å². The Kier molecular flexibility index (Phi) is 4.18. The predicted molar refractivity (Wildman–Crippen MR) is 58.1 cm³/mol. The van der Waals surface area contributed by atoms with Crippen LogP contribution in [0.1, 0.15) is 12.8 Å². The van der Waals surface area contributed by atoms with Crippen molar-refractivity contribution in [3.05, 3.63) is 11.8 Å². The largest absolute Gasteiger partial charge is 0.505 e. The van der Waals surface area contributed by atoms with Crippen LogP contribution in [0.3, 0.4) is 0 Å². The van der Waals surface area contributed by atoms with Crippen LogP contribution >= 0.6 is 22.6 Å². The molecule has 0 heterocycles. The lowest BCUT2D eigenvalue weighted by Crippen LogP contribution is -2.21. The van der Waals surface area contributed by atoms with Crippen molar-refractivity contribution in [1.29, 1.82) is 0 Å². The average molecular weight is 296 g/mol. The van der Waals surface area contributed by atoms with E-state index in [2.05, 4.69) is 22.6 Å². The number of carbonyl (C=O) groups is 1. The summed E-state index contributed by atoms with van der Waals surface area (Å²) in [5.41, 5.74) is 0. The molecular formula is C9H13IO3. The molecule has 3 nitrogen and oxygen atoms in total. The summed E-state index contributed by atoms with van der Waals surface area (Å²) in [6.07, 6.45) is 3.07. The van der Waals surface area contributed by atoms with Gasteiger partial charge in [0.05, 0.1) is 6.10 Å². The third-order valence-corrected chi connectivity index (χ3v) is 3.25. The van der Waals surface area contributed by atoms with Gasteiger partial charge >= 0.3 is 0 Å². The Labute approximate surface area is 91.3 Å². The molecule has 0 aromatic carbocycles. The van der Waals surface area contributed by atoms with Gasteiger partial charge in [0, 0.05) is 17.5 Å². The maximum absolute atomic E-state index is 11.3. The minimum Gasteiger partial charge on any atom is -0.505 e. The number of allylic oxidation sites excluding steroid dienone is 2. The molecule has 2 unspecified atom stereocenters. The molecule has 74 valence electrons. The summed E-state index contributed by atoms with van der Waals surface area (Å²) in [6, 6.07) is 0. The Balaban J connectivity index is 2.44. The highest BCUT2D eigenvalue weighted by atomic mass is 127. The molecule has 0 aromatic rings. The van der Waals surface area contributed by atoms with Gasteiger partial charge in [0.25, 0.3) is 0 Å². The first-order chi connectivity index (χ1) is 6.19. The van der Waals surface area contributed by atoms with E-state index >= 15 is 0 Å². The Morgan fingerprint density at radius 2 is 2.54 bits per heavy atom. The van der Waals surface area contributed by atoms with Crippen molar-refractivity contribution in [2.75, 3.05) is 11.5 Å². The summed E-state index contributed by atoms with van der Waals surface area (Å²) in [5, 5.41) is 9.10. The molecule has 1 aliphatic carbocycles. The molecule has 1 aliphatic rings. The normalized spacial score (nSPS) is 24.6. The molecule has 0 saturated carbocycles. The molecule has 0 saturated heterocycles. The second-order valence-corrected chi connectivity index (χ2v) is 4.01. The maximum Gasteiger partial charge on any atom is 0.200 e. The van der Waals surface area contributed by atoms with Crippen molar-refractivity contribution in [1.82, 2.24) is 0 Å². The summed E-state index contributed by atoms with van der Waals surface area (Å²) >= 11 is 2.23. The number of Topliss-reactive ketones (excluding diaryl/α,β-unsaturated/α-hetero) is 1. The summed E-state index contributed by atoms with van der Waals surface area (Å²) < 4.78 is 6.05. The minimum atomic E-state index is -0.132. The van der Waals surface area contributed by atoms with E-state index in [9.17, 15) is 4.79 Å². The average Bonchev–Trinajstić information content (AvgIpc) is 2.45. The Bertz CT molecular complexity index is 221. The first-order valence-electron chi connectivity index (χ1n) is 4.21. The third kappa shape index (κ3) is 2.67. The molecule has 0 aliphatic heterocycles. The van der Waals surface area contributed by atoms with E-state index in [0.29, 0.717) is 12.8 Å². The van der Waals surface area contributed by atoms with Gasteiger partial charge < -0.3 is 9.84 Å². The SMILES string of the molecule is COC(CI)CC1CC=C(O)C1=O. The molecule has 2 atom stereocenters. The predicted octanol–water partition coefficient (Wildman–Crippen LogP) is 1.86. The first-order valence-corrected chi connectivity index (χ1v) is 5.73. The fourth-order valence-corrected chi connectivity index (χ4v) is 2.13. The van der Waals surface area contributed by atoms with E-state index in [-0.39, 0.29) is 23.6 Å². The highest BCUT2D eigenvalue weighted by Crippen LogP contribution is 2.25. The number of halogens is 1. The number of methoxy groups -OCH3 is 1. The highest BCUT2D eigenvalue weighted by molar-refractivity contribution is 14.1.